The maximum atomic E-state index is 12.7. The van der Waals surface area contributed by atoms with Crippen molar-refractivity contribution in [2.24, 2.45) is 0 Å². The zero-order valence-electron chi connectivity index (χ0n) is 16.5. The van der Waals surface area contributed by atoms with Crippen molar-refractivity contribution in [2.45, 2.75) is 20.3 Å². The Bertz CT molecular complexity index is 777. The highest BCUT2D eigenvalue weighted by Gasteiger charge is 2.20. The molecule has 0 aliphatic carbocycles. The molecule has 0 radical (unpaired) electrons. The Morgan fingerprint density at radius 1 is 1.18 bits per heavy atom. The number of rotatable bonds is 11. The molecule has 1 amide bonds. The first-order chi connectivity index (χ1) is 13.6. The van der Waals surface area contributed by atoms with E-state index < -0.39 is 5.97 Å². The van der Waals surface area contributed by atoms with Gasteiger partial charge in [0.15, 0.2) is 0 Å². The minimum atomic E-state index is -0.434. The van der Waals surface area contributed by atoms with E-state index in [1.54, 1.807) is 14.0 Å². The summed E-state index contributed by atoms with van der Waals surface area (Å²) in [6, 6.07) is 7.68. The van der Waals surface area contributed by atoms with Crippen molar-refractivity contribution in [3.05, 3.63) is 35.3 Å². The highest BCUT2D eigenvalue weighted by atomic mass is 32.1. The van der Waals surface area contributed by atoms with E-state index in [2.05, 4.69) is 4.98 Å². The van der Waals surface area contributed by atoms with Gasteiger partial charge in [0.25, 0.3) is 0 Å². The SMILES string of the molecule is CCOC(=O)CN(CCOC)C(=O)Cc1csc(-c2ccccc2OCC)n1. The summed E-state index contributed by atoms with van der Waals surface area (Å²) in [6.45, 7) is 5.07. The van der Waals surface area contributed by atoms with E-state index >= 15 is 0 Å². The summed E-state index contributed by atoms with van der Waals surface area (Å²) in [5.41, 5.74) is 1.55. The molecule has 0 atom stereocenters. The lowest BCUT2D eigenvalue weighted by molar-refractivity contribution is -0.149. The lowest BCUT2D eigenvalue weighted by Gasteiger charge is -2.21. The van der Waals surface area contributed by atoms with Gasteiger partial charge in [-0.3, -0.25) is 9.59 Å². The summed E-state index contributed by atoms with van der Waals surface area (Å²) >= 11 is 1.46. The number of nitrogens with zero attached hydrogens (tertiary/aromatic N) is 2. The van der Waals surface area contributed by atoms with Gasteiger partial charge in [0.05, 0.1) is 37.5 Å². The van der Waals surface area contributed by atoms with Crippen molar-refractivity contribution in [2.75, 3.05) is 40.0 Å². The monoisotopic (exact) mass is 406 g/mol. The minimum Gasteiger partial charge on any atom is -0.493 e. The van der Waals surface area contributed by atoms with E-state index in [0.29, 0.717) is 25.5 Å². The topological polar surface area (TPSA) is 78.0 Å². The number of thiazole rings is 1. The number of ether oxygens (including phenoxy) is 3. The number of hydrogen-bond acceptors (Lipinski definition) is 7. The van der Waals surface area contributed by atoms with Gasteiger partial charge in [0.2, 0.25) is 5.91 Å². The highest BCUT2D eigenvalue weighted by molar-refractivity contribution is 7.13. The Morgan fingerprint density at radius 3 is 2.68 bits per heavy atom. The third-order valence-corrected chi connectivity index (χ3v) is 4.77. The summed E-state index contributed by atoms with van der Waals surface area (Å²) in [6.07, 6.45) is 0.108. The molecule has 0 saturated carbocycles. The number of hydrogen-bond donors (Lipinski definition) is 0. The van der Waals surface area contributed by atoms with Crippen molar-refractivity contribution in [3.63, 3.8) is 0 Å². The number of carbonyl (C=O) groups is 2. The van der Waals surface area contributed by atoms with Gasteiger partial charge in [-0.1, -0.05) is 12.1 Å². The van der Waals surface area contributed by atoms with Gasteiger partial charge in [-0.2, -0.15) is 0 Å². The number of para-hydroxylation sites is 1. The van der Waals surface area contributed by atoms with E-state index in [1.165, 1.54) is 16.2 Å². The van der Waals surface area contributed by atoms with Crippen molar-refractivity contribution < 1.29 is 23.8 Å². The van der Waals surface area contributed by atoms with E-state index in [0.717, 1.165) is 16.3 Å². The van der Waals surface area contributed by atoms with Crippen LogP contribution in [0.3, 0.4) is 0 Å². The average molecular weight is 407 g/mol. The van der Waals surface area contributed by atoms with Crippen LogP contribution in [-0.2, 0) is 25.5 Å². The molecule has 2 aromatic rings. The number of aromatic nitrogens is 1. The van der Waals surface area contributed by atoms with Crippen LogP contribution in [0.1, 0.15) is 19.5 Å². The van der Waals surface area contributed by atoms with E-state index in [9.17, 15) is 9.59 Å². The highest BCUT2D eigenvalue weighted by Crippen LogP contribution is 2.32. The molecule has 0 unspecified atom stereocenters. The normalized spacial score (nSPS) is 10.5. The Hall–Kier alpha value is -2.45. The molecule has 2 rings (SSSR count). The first-order valence-corrected chi connectivity index (χ1v) is 10.1. The molecule has 0 N–H and O–H groups in total. The van der Waals surface area contributed by atoms with E-state index in [-0.39, 0.29) is 25.5 Å². The average Bonchev–Trinajstić information content (AvgIpc) is 3.14. The van der Waals surface area contributed by atoms with Crippen LogP contribution >= 0.6 is 11.3 Å². The fourth-order valence-corrected chi connectivity index (χ4v) is 3.41. The van der Waals surface area contributed by atoms with Gasteiger partial charge in [-0.15, -0.1) is 11.3 Å². The summed E-state index contributed by atoms with van der Waals surface area (Å²) in [4.78, 5) is 30.5. The van der Waals surface area contributed by atoms with Crippen LogP contribution in [0.4, 0.5) is 0 Å². The third-order valence-electron chi connectivity index (χ3n) is 3.84. The molecule has 0 spiro atoms. The molecule has 7 nitrogen and oxygen atoms in total. The zero-order chi connectivity index (χ0) is 20.4. The van der Waals surface area contributed by atoms with Gasteiger partial charge in [0, 0.05) is 19.0 Å². The zero-order valence-corrected chi connectivity index (χ0v) is 17.3. The van der Waals surface area contributed by atoms with Crippen LogP contribution in [0, 0.1) is 0 Å². The Balaban J connectivity index is 2.09. The number of benzene rings is 1. The van der Waals surface area contributed by atoms with Crippen molar-refractivity contribution in [3.8, 4) is 16.3 Å². The van der Waals surface area contributed by atoms with E-state index in [4.69, 9.17) is 14.2 Å². The second-order valence-corrected chi connectivity index (χ2v) is 6.72. The first kappa shape index (κ1) is 21.8. The van der Waals surface area contributed by atoms with Crippen molar-refractivity contribution >= 4 is 23.2 Å². The molecule has 8 heteroatoms. The summed E-state index contributed by atoms with van der Waals surface area (Å²) in [5.74, 6) is 0.137. The molecule has 0 aliphatic rings. The second kappa shape index (κ2) is 11.4. The van der Waals surface area contributed by atoms with Crippen LogP contribution in [0.15, 0.2) is 29.6 Å². The maximum absolute atomic E-state index is 12.7. The molecule has 0 fully saturated rings. The maximum Gasteiger partial charge on any atom is 0.325 e. The number of esters is 1. The molecule has 0 bridgehead atoms. The predicted molar refractivity (Wildman–Crippen MR) is 108 cm³/mol. The molecule has 1 aromatic carbocycles. The molecule has 28 heavy (non-hydrogen) atoms. The largest absolute Gasteiger partial charge is 0.493 e. The van der Waals surface area contributed by atoms with E-state index in [1.807, 2.05) is 36.6 Å². The minimum absolute atomic E-state index is 0.0970. The van der Waals surface area contributed by atoms with Crippen LogP contribution in [0.5, 0.6) is 5.75 Å². The molecular formula is C20H26N2O5S. The molecule has 0 saturated heterocycles. The fraction of sp³-hybridized carbons (Fsp3) is 0.450. The summed E-state index contributed by atoms with van der Waals surface area (Å²) in [5, 5.41) is 2.65. The number of amides is 1. The Kier molecular flexibility index (Phi) is 8.90. The molecule has 152 valence electrons. The van der Waals surface area contributed by atoms with Gasteiger partial charge >= 0.3 is 5.97 Å². The number of methoxy groups -OCH3 is 1. The van der Waals surface area contributed by atoms with Gasteiger partial charge in [0.1, 0.15) is 17.3 Å². The Morgan fingerprint density at radius 2 is 1.96 bits per heavy atom. The van der Waals surface area contributed by atoms with Crippen LogP contribution in [0.25, 0.3) is 10.6 Å². The predicted octanol–water partition coefficient (Wildman–Crippen LogP) is 2.79. The molecular weight excluding hydrogens is 380 g/mol. The third kappa shape index (κ3) is 6.31. The second-order valence-electron chi connectivity index (χ2n) is 5.86. The Labute approximate surface area is 169 Å². The van der Waals surface area contributed by atoms with Gasteiger partial charge < -0.3 is 19.1 Å². The lowest BCUT2D eigenvalue weighted by Crippen LogP contribution is -2.39. The number of carbonyl (C=O) groups excluding carboxylic acids is 2. The molecule has 1 heterocycles. The molecule has 0 aliphatic heterocycles. The van der Waals surface area contributed by atoms with Crippen molar-refractivity contribution in [1.29, 1.82) is 0 Å². The quantitative estimate of drug-likeness (QED) is 0.534. The standard InChI is InChI=1S/C20H26N2O5S/c1-4-26-17-9-7-6-8-16(17)20-21-15(14-28-20)12-18(23)22(10-11-25-3)13-19(24)27-5-2/h6-9,14H,4-5,10-13H2,1-3H3. The van der Waals surface area contributed by atoms with Crippen molar-refractivity contribution in [1.82, 2.24) is 9.88 Å². The first-order valence-electron chi connectivity index (χ1n) is 9.17. The lowest BCUT2D eigenvalue weighted by atomic mass is 10.2. The summed E-state index contributed by atoms with van der Waals surface area (Å²) < 4.78 is 15.6. The molecule has 1 aromatic heterocycles. The summed E-state index contributed by atoms with van der Waals surface area (Å²) in [7, 11) is 1.55. The van der Waals surface area contributed by atoms with Gasteiger partial charge in [-0.05, 0) is 26.0 Å². The fourth-order valence-electron chi connectivity index (χ4n) is 2.56. The van der Waals surface area contributed by atoms with Gasteiger partial charge in [-0.25, -0.2) is 4.98 Å². The van der Waals surface area contributed by atoms with Crippen LogP contribution in [0.2, 0.25) is 0 Å². The smallest absolute Gasteiger partial charge is 0.325 e. The van der Waals surface area contributed by atoms with Crippen LogP contribution < -0.4 is 4.74 Å². The van der Waals surface area contributed by atoms with Crippen LogP contribution in [-0.4, -0.2) is 61.8 Å².